The number of nitrogens with zero attached hydrogens (tertiary/aromatic N) is 3. The number of aromatic nitrogens is 1. The third kappa shape index (κ3) is 5.08. The summed E-state index contributed by atoms with van der Waals surface area (Å²) in [4.78, 5) is 41.5. The number of thioether (sulfide) groups is 1. The van der Waals surface area contributed by atoms with Gasteiger partial charge in [-0.15, -0.1) is 11.8 Å². The van der Waals surface area contributed by atoms with E-state index in [1.807, 2.05) is 35.3 Å². The van der Waals surface area contributed by atoms with Gasteiger partial charge in [-0.25, -0.2) is 9.18 Å². The van der Waals surface area contributed by atoms with E-state index in [4.69, 9.17) is 23.7 Å². The van der Waals surface area contributed by atoms with Crippen LogP contribution in [-0.2, 0) is 24.7 Å². The van der Waals surface area contributed by atoms with Gasteiger partial charge in [-0.3, -0.25) is 19.3 Å². The quantitative estimate of drug-likeness (QED) is 0.229. The predicted molar refractivity (Wildman–Crippen MR) is 149 cm³/mol. The molecular formula is C29H28FN3O8S. The van der Waals surface area contributed by atoms with E-state index < -0.39 is 36.5 Å². The van der Waals surface area contributed by atoms with Crippen molar-refractivity contribution >= 4 is 23.8 Å². The molecule has 3 aliphatic heterocycles. The molecule has 2 atom stereocenters. The van der Waals surface area contributed by atoms with Crippen molar-refractivity contribution in [3.63, 3.8) is 0 Å². The molecule has 1 amide bonds. The van der Waals surface area contributed by atoms with E-state index in [1.54, 1.807) is 27.4 Å². The first kappa shape index (κ1) is 28.1. The Morgan fingerprint density at radius 3 is 2.81 bits per heavy atom. The molecule has 2 aromatic carbocycles. The van der Waals surface area contributed by atoms with Crippen LogP contribution < -0.4 is 15.2 Å². The topological polar surface area (TPSA) is 109 Å². The minimum absolute atomic E-state index is 0.0240. The van der Waals surface area contributed by atoms with Crippen LogP contribution in [0.2, 0.25) is 0 Å². The minimum atomic E-state index is -1.02. The minimum Gasteiger partial charge on any atom is -0.451 e. The van der Waals surface area contributed by atoms with Crippen LogP contribution in [0.5, 0.6) is 5.75 Å². The van der Waals surface area contributed by atoms with Crippen molar-refractivity contribution in [3.8, 4) is 5.75 Å². The molecule has 6 rings (SSSR count). The number of carbonyl (C=O) groups excluding carboxylic acids is 2. The Balaban J connectivity index is 1.47. The molecule has 3 aromatic rings. The molecule has 1 fully saturated rings. The molecule has 1 saturated heterocycles. The van der Waals surface area contributed by atoms with Crippen LogP contribution in [0.25, 0.3) is 0 Å². The molecule has 11 nitrogen and oxygen atoms in total. The lowest BCUT2D eigenvalue weighted by Crippen LogP contribution is -2.66. The van der Waals surface area contributed by atoms with Crippen molar-refractivity contribution in [3.05, 3.63) is 93.2 Å². The average Bonchev–Trinajstić information content (AvgIpc) is 3.16. The summed E-state index contributed by atoms with van der Waals surface area (Å²) in [6.45, 7) is 0.197. The molecule has 0 aliphatic carbocycles. The van der Waals surface area contributed by atoms with Crippen LogP contribution in [0, 0.1) is 5.82 Å². The van der Waals surface area contributed by atoms with E-state index in [2.05, 4.69) is 0 Å². The molecule has 220 valence electrons. The second-order valence-corrected chi connectivity index (χ2v) is 10.7. The first-order chi connectivity index (χ1) is 20.5. The smallest absolute Gasteiger partial charge is 0.451 e. The number of benzene rings is 2. The van der Waals surface area contributed by atoms with Gasteiger partial charge in [0.15, 0.2) is 5.69 Å². The van der Waals surface area contributed by atoms with E-state index in [0.29, 0.717) is 17.9 Å². The van der Waals surface area contributed by atoms with Gasteiger partial charge in [0.05, 0.1) is 19.8 Å². The van der Waals surface area contributed by atoms with Gasteiger partial charge in [0, 0.05) is 42.1 Å². The van der Waals surface area contributed by atoms with Crippen molar-refractivity contribution in [2.75, 3.05) is 51.9 Å². The fraction of sp³-hybridized carbons (Fsp3) is 0.345. The zero-order valence-corrected chi connectivity index (χ0v) is 23.5. The van der Waals surface area contributed by atoms with E-state index in [9.17, 15) is 14.4 Å². The normalized spacial score (nSPS) is 19.1. The number of amides is 1. The van der Waals surface area contributed by atoms with Crippen molar-refractivity contribution in [1.82, 2.24) is 9.58 Å². The first-order valence-electron chi connectivity index (χ1n) is 13.3. The summed E-state index contributed by atoms with van der Waals surface area (Å²) in [5, 5.41) is 1.87. The maximum atomic E-state index is 15.8. The second-order valence-electron chi connectivity index (χ2n) is 9.68. The Morgan fingerprint density at radius 2 is 1.95 bits per heavy atom. The Bertz CT molecular complexity index is 1570. The Kier molecular flexibility index (Phi) is 8.05. The number of fused-ring (bicyclic) bond motifs is 4. The van der Waals surface area contributed by atoms with Crippen LogP contribution in [0.3, 0.4) is 0 Å². The number of ether oxygens (including phenoxy) is 5. The second kappa shape index (κ2) is 12.0. The van der Waals surface area contributed by atoms with E-state index in [-0.39, 0.29) is 43.6 Å². The summed E-state index contributed by atoms with van der Waals surface area (Å²) < 4.78 is 43.4. The van der Waals surface area contributed by atoms with Crippen molar-refractivity contribution in [1.29, 1.82) is 0 Å². The van der Waals surface area contributed by atoms with Gasteiger partial charge < -0.3 is 28.6 Å². The lowest BCUT2D eigenvalue weighted by Gasteiger charge is -2.51. The number of rotatable bonds is 7. The fourth-order valence-corrected chi connectivity index (χ4v) is 6.57. The van der Waals surface area contributed by atoms with Crippen molar-refractivity contribution in [2.45, 2.75) is 22.9 Å². The zero-order valence-electron chi connectivity index (χ0n) is 22.7. The number of methoxy groups -OCH3 is 1. The summed E-state index contributed by atoms with van der Waals surface area (Å²) >= 11 is 1.61. The Hall–Kier alpha value is -4.07. The molecule has 13 heteroatoms. The summed E-state index contributed by atoms with van der Waals surface area (Å²) in [7, 11) is 1.46. The molecule has 0 bridgehead atoms. The lowest BCUT2D eigenvalue weighted by molar-refractivity contribution is -0.0217. The third-order valence-corrected chi connectivity index (χ3v) is 8.46. The van der Waals surface area contributed by atoms with Crippen molar-refractivity contribution < 1.29 is 37.7 Å². The van der Waals surface area contributed by atoms with Crippen LogP contribution in [-0.4, -0.2) is 74.7 Å². The van der Waals surface area contributed by atoms with Gasteiger partial charge in [0.25, 0.3) is 5.91 Å². The van der Waals surface area contributed by atoms with Crippen LogP contribution in [0.15, 0.2) is 64.4 Å². The van der Waals surface area contributed by atoms with Gasteiger partial charge in [-0.05, 0) is 23.3 Å². The fourth-order valence-electron chi connectivity index (χ4n) is 5.48. The number of pyridine rings is 1. The molecule has 1 aromatic heterocycles. The maximum absolute atomic E-state index is 15.8. The number of halogens is 1. The highest BCUT2D eigenvalue weighted by atomic mass is 32.2. The maximum Gasteiger partial charge on any atom is 0.511 e. The van der Waals surface area contributed by atoms with Crippen LogP contribution >= 0.6 is 11.8 Å². The van der Waals surface area contributed by atoms with E-state index in [1.165, 1.54) is 25.4 Å². The molecule has 0 N–H and O–H groups in total. The Morgan fingerprint density at radius 1 is 1.10 bits per heavy atom. The monoisotopic (exact) mass is 597 g/mol. The van der Waals surface area contributed by atoms with E-state index in [0.717, 1.165) is 16.0 Å². The summed E-state index contributed by atoms with van der Waals surface area (Å²) in [6.07, 6.45) is -0.150. The zero-order chi connectivity index (χ0) is 29.2. The summed E-state index contributed by atoms with van der Waals surface area (Å²) in [5.74, 6) is -0.580. The van der Waals surface area contributed by atoms with Gasteiger partial charge in [0.1, 0.15) is 24.6 Å². The van der Waals surface area contributed by atoms with Gasteiger partial charge in [-0.2, -0.15) is 0 Å². The number of hydrogen-bond donors (Lipinski definition) is 0. The first-order valence-corrected chi connectivity index (χ1v) is 14.3. The largest absolute Gasteiger partial charge is 0.511 e. The number of carbonyl (C=O) groups is 2. The average molecular weight is 598 g/mol. The van der Waals surface area contributed by atoms with Gasteiger partial charge >= 0.3 is 6.16 Å². The lowest BCUT2D eigenvalue weighted by atomic mass is 9.93. The number of morpholine rings is 1. The molecule has 0 unspecified atom stereocenters. The van der Waals surface area contributed by atoms with Crippen LogP contribution in [0.4, 0.5) is 9.18 Å². The molecule has 42 heavy (non-hydrogen) atoms. The highest BCUT2D eigenvalue weighted by Crippen LogP contribution is 2.45. The van der Waals surface area contributed by atoms with E-state index >= 15 is 4.39 Å². The molecule has 0 saturated carbocycles. The van der Waals surface area contributed by atoms with Gasteiger partial charge in [0.2, 0.25) is 18.0 Å². The summed E-state index contributed by atoms with van der Waals surface area (Å²) in [6, 6.07) is 13.4. The van der Waals surface area contributed by atoms with Crippen LogP contribution in [0.1, 0.15) is 33.2 Å². The highest BCUT2D eigenvalue weighted by molar-refractivity contribution is 7.98. The number of hydrogen-bond acceptors (Lipinski definition) is 10. The summed E-state index contributed by atoms with van der Waals surface area (Å²) in [5.41, 5.74) is 1.50. The van der Waals surface area contributed by atoms with Gasteiger partial charge in [-0.1, -0.05) is 30.3 Å². The standard InChI is InChI=1S/C29H28FN3O8S/c1-37-13-14-39-29(36)41-17-40-27-21(34)9-10-32-26(27)28(35)31-11-12-38-15-23(31)33(32)25-19-6-2-3-8-22(19)42-16-18-5-4-7-20(30)24(18)25/h2-10,23,25H,11-17H2,1H3/t23-,25-/m1/s1. The molecule has 4 heterocycles. The molecule has 3 aliphatic rings. The molecule has 0 radical (unpaired) electrons. The predicted octanol–water partition coefficient (Wildman–Crippen LogP) is 3.27. The Labute approximate surface area is 244 Å². The third-order valence-electron chi connectivity index (χ3n) is 7.32. The molecule has 0 spiro atoms. The SMILES string of the molecule is COCCOC(=O)OCOc1c2n(ccc1=O)N([C@@H]1c3ccccc3SCc3cccc(F)c31)[C@@H]1COCCN1C2=O. The van der Waals surface area contributed by atoms with Crippen molar-refractivity contribution in [2.24, 2.45) is 0 Å². The molecular weight excluding hydrogens is 569 g/mol. The highest BCUT2D eigenvalue weighted by Gasteiger charge is 2.46.